The molecule has 8 nitrogen and oxygen atoms in total. The third-order valence-corrected chi connectivity index (χ3v) is 9.33. The summed E-state index contributed by atoms with van der Waals surface area (Å²) in [5, 5.41) is 35.7. The molecule has 1 aromatic carbocycles. The molecule has 48 heavy (non-hydrogen) atoms. The number of carbonyl (C=O) groups is 2. The number of quaternary nitrogens is 2. The number of nitrogens with zero attached hydrogens (tertiary/aromatic N) is 2. The zero-order valence-corrected chi connectivity index (χ0v) is 31.9. The van der Waals surface area contributed by atoms with Gasteiger partial charge in [-0.25, -0.2) is 0 Å². The van der Waals surface area contributed by atoms with Gasteiger partial charge >= 0.3 is 0 Å². The van der Waals surface area contributed by atoms with Crippen molar-refractivity contribution < 1.29 is 39.0 Å². The highest BCUT2D eigenvalue weighted by atomic mass is 16.4. The topological polar surface area (TPSA) is 121 Å². The number of aliphatic carboxylic acids is 2. The van der Waals surface area contributed by atoms with Crippen molar-refractivity contribution in [2.24, 2.45) is 0 Å². The largest absolute Gasteiger partial charge is 0.547 e. The lowest BCUT2D eigenvalue weighted by atomic mass is 10.0. The lowest BCUT2D eigenvalue weighted by Crippen LogP contribution is -2.51. The van der Waals surface area contributed by atoms with E-state index >= 15 is 0 Å². The van der Waals surface area contributed by atoms with Crippen molar-refractivity contribution in [3.05, 3.63) is 35.4 Å². The Hall–Kier alpha value is -2.00. The maximum absolute atomic E-state index is 9.63. The first kappa shape index (κ1) is 46.0. The number of rotatable bonds is 29. The minimum absolute atomic E-state index is 1.11. The molecule has 0 saturated carbocycles. The van der Waals surface area contributed by atoms with Gasteiger partial charge in [-0.05, 0) is 25.7 Å². The Bertz CT molecular complexity index is 876. The lowest BCUT2D eigenvalue weighted by molar-refractivity contribution is -0.907. The molecule has 0 spiro atoms. The first-order valence-electron chi connectivity index (χ1n) is 19.2. The maximum Gasteiger partial charge on any atom is 0.124 e. The highest BCUT2D eigenvalue weighted by Gasteiger charge is 2.22. The van der Waals surface area contributed by atoms with E-state index in [0.717, 1.165) is 22.1 Å². The second kappa shape index (κ2) is 27.8. The predicted octanol–water partition coefficient (Wildman–Crippen LogP) is 5.89. The summed E-state index contributed by atoms with van der Waals surface area (Å²) < 4.78 is 2.22. The number of carboxylic acids is 2. The summed E-state index contributed by atoms with van der Waals surface area (Å²) in [6, 6.07) is 9.30. The van der Waals surface area contributed by atoms with Crippen molar-refractivity contribution in [3.8, 4) is 0 Å². The molecule has 2 unspecified atom stereocenters. The van der Waals surface area contributed by atoms with Crippen molar-refractivity contribution in [2.75, 3.05) is 41.3 Å². The fourth-order valence-electron chi connectivity index (χ4n) is 6.26. The third-order valence-electron chi connectivity index (χ3n) is 9.33. The minimum Gasteiger partial charge on any atom is -0.547 e. The molecule has 8 heteroatoms. The van der Waals surface area contributed by atoms with Crippen LogP contribution in [0.1, 0.15) is 153 Å². The van der Waals surface area contributed by atoms with E-state index in [9.17, 15) is 19.8 Å². The van der Waals surface area contributed by atoms with Crippen molar-refractivity contribution in [2.45, 2.75) is 168 Å². The number of carboxylic acid groups (broad SMARTS) is 2. The molecular weight excluding hydrogens is 604 g/mol. The first-order valence-corrected chi connectivity index (χ1v) is 19.2. The van der Waals surface area contributed by atoms with Crippen LogP contribution in [0.2, 0.25) is 0 Å². The number of hydrogen-bond acceptors (Lipinski definition) is 6. The molecular formula is C40H74N2O6. The molecule has 0 bridgehead atoms. The van der Waals surface area contributed by atoms with Crippen LogP contribution in [0.5, 0.6) is 0 Å². The fraction of sp³-hybridized carbons (Fsp3) is 0.800. The van der Waals surface area contributed by atoms with E-state index in [1.807, 2.05) is 0 Å². The van der Waals surface area contributed by atoms with Crippen LogP contribution in [-0.2, 0) is 22.7 Å². The molecule has 0 aliphatic heterocycles. The molecule has 0 fully saturated rings. The third kappa shape index (κ3) is 25.0. The standard InChI is InChI=1S/C36H70N2.C4H6O6/c1-7-9-11-13-15-17-19-21-23-27-31-37(3,4)33-35-29-25-26-30-36(35)34-38(5,6)32-28-24-22-20-18-16-14-12-10-8-2;5-1(3(7)8)2(6)4(9)10/h25-26,29-30H,7-24,27-28,31-34H2,1-6H3;1-2,5-6H,(H,7,8)(H,9,10)/q+2;/p-2. The second-order valence-corrected chi connectivity index (χ2v) is 15.3. The van der Waals surface area contributed by atoms with E-state index in [0.29, 0.717) is 0 Å². The van der Waals surface area contributed by atoms with Crippen LogP contribution >= 0.6 is 0 Å². The Kier molecular flexibility index (Phi) is 26.6. The normalized spacial score (nSPS) is 13.1. The van der Waals surface area contributed by atoms with Gasteiger partial charge in [0.15, 0.2) is 0 Å². The second-order valence-electron chi connectivity index (χ2n) is 15.3. The SMILES string of the molecule is CCCCCCCCCCCC[N+](C)(C)Cc1ccccc1C[N+](C)(C)CCCCCCCCCCCC.O=C([O-])C(O)C(O)C(=O)[O-]. The van der Waals surface area contributed by atoms with Crippen LogP contribution in [0.4, 0.5) is 0 Å². The molecule has 0 amide bonds. The van der Waals surface area contributed by atoms with E-state index in [1.54, 1.807) is 11.1 Å². The summed E-state index contributed by atoms with van der Waals surface area (Å²) >= 11 is 0. The number of aliphatic hydroxyl groups is 2. The highest BCUT2D eigenvalue weighted by molar-refractivity contribution is 5.80. The van der Waals surface area contributed by atoms with Crippen molar-refractivity contribution in [3.63, 3.8) is 0 Å². The van der Waals surface area contributed by atoms with Crippen LogP contribution in [-0.4, -0.2) is 84.6 Å². The Labute approximate surface area is 294 Å². The van der Waals surface area contributed by atoms with E-state index < -0.39 is 24.1 Å². The van der Waals surface area contributed by atoms with Gasteiger partial charge in [-0.15, -0.1) is 0 Å². The van der Waals surface area contributed by atoms with Crippen molar-refractivity contribution in [1.29, 1.82) is 0 Å². The number of aliphatic hydroxyl groups excluding tert-OH is 2. The van der Waals surface area contributed by atoms with E-state index in [2.05, 4.69) is 66.3 Å². The van der Waals surface area contributed by atoms with Gasteiger partial charge in [0, 0.05) is 11.1 Å². The predicted molar refractivity (Wildman–Crippen MR) is 194 cm³/mol. The van der Waals surface area contributed by atoms with Gasteiger partial charge in [-0.1, -0.05) is 141 Å². The highest BCUT2D eigenvalue weighted by Crippen LogP contribution is 2.21. The Balaban J connectivity index is 0.00000190. The summed E-state index contributed by atoms with van der Waals surface area (Å²) in [6.45, 7) is 9.51. The summed E-state index contributed by atoms with van der Waals surface area (Å²) in [5.74, 6) is -4.12. The van der Waals surface area contributed by atoms with Gasteiger partial charge in [0.25, 0.3) is 0 Å². The molecule has 1 rings (SSSR count). The average Bonchev–Trinajstić information content (AvgIpc) is 3.03. The zero-order valence-electron chi connectivity index (χ0n) is 31.9. The van der Waals surface area contributed by atoms with Gasteiger partial charge in [0.2, 0.25) is 0 Å². The minimum atomic E-state index is -2.44. The van der Waals surface area contributed by atoms with Gasteiger partial charge in [-0.2, -0.15) is 0 Å². The molecule has 2 N–H and O–H groups in total. The van der Waals surface area contributed by atoms with Gasteiger partial charge < -0.3 is 39.0 Å². The summed E-state index contributed by atoms with van der Waals surface area (Å²) in [6.07, 6.45) is 23.5. The number of unbranched alkanes of at least 4 members (excludes halogenated alkanes) is 18. The molecule has 0 heterocycles. The Morgan fingerprint density at radius 1 is 0.521 bits per heavy atom. The average molecular weight is 679 g/mol. The summed E-state index contributed by atoms with van der Waals surface area (Å²) in [4.78, 5) is 19.3. The fourth-order valence-corrected chi connectivity index (χ4v) is 6.26. The molecule has 0 radical (unpaired) electrons. The van der Waals surface area contributed by atoms with E-state index in [-0.39, 0.29) is 0 Å². The molecule has 1 aromatic rings. The molecule has 0 saturated heterocycles. The molecule has 0 aromatic heterocycles. The molecule has 0 aliphatic carbocycles. The van der Waals surface area contributed by atoms with E-state index in [1.165, 1.54) is 142 Å². The Morgan fingerprint density at radius 3 is 1.02 bits per heavy atom. The smallest absolute Gasteiger partial charge is 0.124 e. The van der Waals surface area contributed by atoms with Gasteiger partial charge in [0.1, 0.15) is 25.3 Å². The quantitative estimate of drug-likeness (QED) is 0.0806. The summed E-state index contributed by atoms with van der Waals surface area (Å²) in [5.41, 5.74) is 3.14. The van der Waals surface area contributed by atoms with Crippen LogP contribution in [0, 0.1) is 0 Å². The lowest BCUT2D eigenvalue weighted by Gasteiger charge is -2.33. The molecule has 2 atom stereocenters. The van der Waals surface area contributed by atoms with Crippen LogP contribution in [0.25, 0.3) is 0 Å². The van der Waals surface area contributed by atoms with E-state index in [4.69, 9.17) is 10.2 Å². The number of benzene rings is 1. The zero-order chi connectivity index (χ0) is 36.3. The van der Waals surface area contributed by atoms with Crippen LogP contribution in [0.3, 0.4) is 0 Å². The van der Waals surface area contributed by atoms with Crippen LogP contribution < -0.4 is 10.2 Å². The maximum atomic E-state index is 9.63. The van der Waals surface area contributed by atoms with Crippen molar-refractivity contribution in [1.82, 2.24) is 0 Å². The first-order chi connectivity index (χ1) is 22.8. The number of carbonyl (C=O) groups excluding carboxylic acids is 2. The molecule has 280 valence electrons. The molecule has 0 aliphatic rings. The van der Waals surface area contributed by atoms with Gasteiger partial charge in [0.05, 0.1) is 53.2 Å². The monoisotopic (exact) mass is 679 g/mol. The van der Waals surface area contributed by atoms with Crippen molar-refractivity contribution >= 4 is 11.9 Å². The van der Waals surface area contributed by atoms with Crippen LogP contribution in [0.15, 0.2) is 24.3 Å². The Morgan fingerprint density at radius 2 is 0.771 bits per heavy atom. The summed E-state index contributed by atoms with van der Waals surface area (Å²) in [7, 11) is 9.76. The van der Waals surface area contributed by atoms with Gasteiger partial charge in [-0.3, -0.25) is 0 Å². The number of hydrogen-bond donors (Lipinski definition) is 2.